The molecule has 0 saturated carbocycles. The lowest BCUT2D eigenvalue weighted by atomic mass is 10.3. The summed E-state index contributed by atoms with van der Waals surface area (Å²) in [7, 11) is 1.79. The fraction of sp³-hybridized carbons (Fsp3) is 0.0714. The molecule has 6 heteroatoms. The maximum atomic E-state index is 13.0. The Morgan fingerprint density at radius 3 is 2.35 bits per heavy atom. The van der Waals surface area contributed by atoms with Crippen molar-refractivity contribution in [2.45, 2.75) is 0 Å². The number of carbonyl (C=O) groups excluding carboxylic acids is 1. The molecule has 0 radical (unpaired) electrons. The number of rotatable bonds is 3. The number of urea groups is 1. The zero-order chi connectivity index (χ0) is 14.5. The highest BCUT2D eigenvalue weighted by Gasteiger charge is 2.05. The summed E-state index contributed by atoms with van der Waals surface area (Å²) in [6.45, 7) is 0. The van der Waals surface area contributed by atoms with Gasteiger partial charge in [0.15, 0.2) is 0 Å². The van der Waals surface area contributed by atoms with Crippen LogP contribution in [0.3, 0.4) is 0 Å². The van der Waals surface area contributed by atoms with Crippen LogP contribution in [0.15, 0.2) is 42.5 Å². The van der Waals surface area contributed by atoms with E-state index in [-0.39, 0.29) is 5.02 Å². The van der Waals surface area contributed by atoms with Crippen LogP contribution in [0.5, 0.6) is 0 Å². The van der Waals surface area contributed by atoms with Crippen molar-refractivity contribution < 1.29 is 9.18 Å². The predicted octanol–water partition coefficient (Wildman–Crippen LogP) is 4.16. The van der Waals surface area contributed by atoms with Crippen molar-refractivity contribution in [2.75, 3.05) is 23.0 Å². The van der Waals surface area contributed by atoms with Crippen LogP contribution in [0.4, 0.5) is 26.2 Å². The number of hydrogen-bond donors (Lipinski definition) is 3. The molecule has 0 aliphatic rings. The van der Waals surface area contributed by atoms with Crippen LogP contribution in [0, 0.1) is 5.82 Å². The van der Waals surface area contributed by atoms with Gasteiger partial charge in [-0.05, 0) is 36.4 Å². The van der Waals surface area contributed by atoms with Gasteiger partial charge >= 0.3 is 6.03 Å². The van der Waals surface area contributed by atoms with Gasteiger partial charge in [0.2, 0.25) is 0 Å². The molecule has 0 aliphatic heterocycles. The van der Waals surface area contributed by atoms with E-state index in [0.29, 0.717) is 11.4 Å². The second-order valence-corrected chi connectivity index (χ2v) is 4.45. The minimum absolute atomic E-state index is 0.0417. The molecule has 2 aromatic carbocycles. The molecular formula is C14H13ClFN3O. The van der Waals surface area contributed by atoms with E-state index >= 15 is 0 Å². The first-order valence-corrected chi connectivity index (χ1v) is 6.27. The molecule has 20 heavy (non-hydrogen) atoms. The standard InChI is InChI=1S/C14H13ClFN3O/c1-17-9-3-2-4-10(7-9)18-14(20)19-11-5-6-13(16)12(15)8-11/h2-8,17H,1H3,(H2,18,19,20). The van der Waals surface area contributed by atoms with Gasteiger partial charge in [0.1, 0.15) is 5.82 Å². The Bertz CT molecular complexity index is 634. The van der Waals surface area contributed by atoms with E-state index in [2.05, 4.69) is 16.0 Å². The van der Waals surface area contributed by atoms with Gasteiger partial charge in [-0.1, -0.05) is 17.7 Å². The van der Waals surface area contributed by atoms with Crippen LogP contribution in [0.25, 0.3) is 0 Å². The van der Waals surface area contributed by atoms with E-state index in [1.807, 2.05) is 12.1 Å². The van der Waals surface area contributed by atoms with Crippen LogP contribution in [0.1, 0.15) is 0 Å². The van der Waals surface area contributed by atoms with E-state index in [1.165, 1.54) is 18.2 Å². The fourth-order valence-electron chi connectivity index (χ4n) is 1.62. The van der Waals surface area contributed by atoms with E-state index in [1.54, 1.807) is 19.2 Å². The molecule has 0 atom stereocenters. The lowest BCUT2D eigenvalue weighted by molar-refractivity contribution is 0.262. The van der Waals surface area contributed by atoms with Gasteiger partial charge in [0.05, 0.1) is 5.02 Å². The lowest BCUT2D eigenvalue weighted by Crippen LogP contribution is -2.19. The molecule has 0 saturated heterocycles. The summed E-state index contributed by atoms with van der Waals surface area (Å²) in [6.07, 6.45) is 0. The molecule has 3 N–H and O–H groups in total. The molecular weight excluding hydrogens is 281 g/mol. The largest absolute Gasteiger partial charge is 0.388 e. The molecule has 0 unspecified atom stereocenters. The lowest BCUT2D eigenvalue weighted by Gasteiger charge is -2.09. The Balaban J connectivity index is 2.03. The Morgan fingerprint density at radius 2 is 1.70 bits per heavy atom. The van der Waals surface area contributed by atoms with Crippen molar-refractivity contribution >= 4 is 34.7 Å². The first-order valence-electron chi connectivity index (χ1n) is 5.89. The maximum Gasteiger partial charge on any atom is 0.323 e. The summed E-state index contributed by atoms with van der Waals surface area (Å²) in [5, 5.41) is 8.18. The normalized spacial score (nSPS) is 9.95. The number of hydrogen-bond acceptors (Lipinski definition) is 2. The number of amides is 2. The highest BCUT2D eigenvalue weighted by molar-refractivity contribution is 6.31. The topological polar surface area (TPSA) is 53.2 Å². The van der Waals surface area contributed by atoms with Gasteiger partial charge < -0.3 is 16.0 Å². The third-order valence-electron chi connectivity index (χ3n) is 2.59. The van der Waals surface area contributed by atoms with Crippen molar-refractivity contribution in [1.82, 2.24) is 0 Å². The second-order valence-electron chi connectivity index (χ2n) is 4.04. The number of nitrogens with one attached hydrogen (secondary N) is 3. The fourth-order valence-corrected chi connectivity index (χ4v) is 1.80. The van der Waals surface area contributed by atoms with Gasteiger partial charge in [-0.15, -0.1) is 0 Å². The Hall–Kier alpha value is -2.27. The molecule has 0 spiro atoms. The molecule has 2 amide bonds. The van der Waals surface area contributed by atoms with Crippen LogP contribution >= 0.6 is 11.6 Å². The van der Waals surface area contributed by atoms with Crippen molar-refractivity contribution in [2.24, 2.45) is 0 Å². The zero-order valence-corrected chi connectivity index (χ0v) is 11.5. The predicted molar refractivity (Wildman–Crippen MR) is 80.0 cm³/mol. The van der Waals surface area contributed by atoms with Crippen LogP contribution in [-0.4, -0.2) is 13.1 Å². The van der Waals surface area contributed by atoms with Gasteiger partial charge in [0, 0.05) is 24.1 Å². The highest BCUT2D eigenvalue weighted by Crippen LogP contribution is 2.20. The number of carbonyl (C=O) groups is 1. The Labute approximate surface area is 120 Å². The summed E-state index contributed by atoms with van der Waals surface area (Å²) in [6, 6.07) is 10.8. The average molecular weight is 294 g/mol. The van der Waals surface area contributed by atoms with Crippen molar-refractivity contribution in [3.63, 3.8) is 0 Å². The number of halogens is 2. The number of anilines is 3. The van der Waals surface area contributed by atoms with Crippen LogP contribution in [-0.2, 0) is 0 Å². The van der Waals surface area contributed by atoms with E-state index < -0.39 is 11.8 Å². The first-order chi connectivity index (χ1) is 9.58. The molecule has 2 aromatic rings. The molecule has 0 fully saturated rings. The van der Waals surface area contributed by atoms with Gasteiger partial charge in [0.25, 0.3) is 0 Å². The van der Waals surface area contributed by atoms with Gasteiger partial charge in [-0.3, -0.25) is 0 Å². The van der Waals surface area contributed by atoms with Gasteiger partial charge in [-0.2, -0.15) is 0 Å². The van der Waals surface area contributed by atoms with Crippen molar-refractivity contribution in [1.29, 1.82) is 0 Å². The monoisotopic (exact) mass is 293 g/mol. The summed E-state index contributed by atoms with van der Waals surface area (Å²) in [5.74, 6) is -0.528. The first kappa shape index (κ1) is 14.1. The van der Waals surface area contributed by atoms with Crippen molar-refractivity contribution in [3.8, 4) is 0 Å². The molecule has 2 rings (SSSR count). The molecule has 0 bridgehead atoms. The van der Waals surface area contributed by atoms with Gasteiger partial charge in [-0.25, -0.2) is 9.18 Å². The average Bonchev–Trinajstić information content (AvgIpc) is 2.43. The summed E-state index contributed by atoms with van der Waals surface area (Å²) in [5.41, 5.74) is 1.94. The van der Waals surface area contributed by atoms with Crippen LogP contribution in [0.2, 0.25) is 5.02 Å². The molecule has 0 aliphatic carbocycles. The minimum atomic E-state index is -0.528. The minimum Gasteiger partial charge on any atom is -0.388 e. The summed E-state index contributed by atoms with van der Waals surface area (Å²) < 4.78 is 13.0. The van der Waals surface area contributed by atoms with Crippen molar-refractivity contribution in [3.05, 3.63) is 53.3 Å². The van der Waals surface area contributed by atoms with E-state index in [0.717, 1.165) is 5.69 Å². The second kappa shape index (κ2) is 6.25. The third-order valence-corrected chi connectivity index (χ3v) is 2.88. The smallest absolute Gasteiger partial charge is 0.323 e. The zero-order valence-electron chi connectivity index (χ0n) is 10.7. The molecule has 4 nitrogen and oxygen atoms in total. The highest BCUT2D eigenvalue weighted by atomic mass is 35.5. The number of benzene rings is 2. The maximum absolute atomic E-state index is 13.0. The molecule has 104 valence electrons. The molecule has 0 aromatic heterocycles. The summed E-state index contributed by atoms with van der Waals surface area (Å²) >= 11 is 5.64. The Morgan fingerprint density at radius 1 is 1.05 bits per heavy atom. The third kappa shape index (κ3) is 3.61. The SMILES string of the molecule is CNc1cccc(NC(=O)Nc2ccc(F)c(Cl)c2)c1. The van der Waals surface area contributed by atoms with E-state index in [4.69, 9.17) is 11.6 Å². The quantitative estimate of drug-likeness (QED) is 0.796. The summed E-state index contributed by atoms with van der Waals surface area (Å²) in [4.78, 5) is 11.8. The van der Waals surface area contributed by atoms with Crippen LogP contribution < -0.4 is 16.0 Å². The Kier molecular flexibility index (Phi) is 4.42. The molecule has 0 heterocycles. The van der Waals surface area contributed by atoms with E-state index in [9.17, 15) is 9.18 Å².